The minimum Gasteiger partial charge on any atom is -0.497 e. The number of hydrogen-bond acceptors (Lipinski definition) is 8. The largest absolute Gasteiger partial charge is 0.497 e. The van der Waals surface area contributed by atoms with Crippen molar-refractivity contribution in [3.63, 3.8) is 0 Å². The third kappa shape index (κ3) is 6.83. The second-order valence-electron chi connectivity index (χ2n) is 7.03. The van der Waals surface area contributed by atoms with Crippen LogP contribution in [0.2, 0.25) is 0 Å². The van der Waals surface area contributed by atoms with Gasteiger partial charge in [-0.05, 0) is 48.5 Å². The number of rotatable bonds is 8. The lowest BCUT2D eigenvalue weighted by Gasteiger charge is -2.11. The highest BCUT2D eigenvalue weighted by Gasteiger charge is 2.16. The van der Waals surface area contributed by atoms with E-state index < -0.39 is 17.8 Å². The third-order valence-corrected chi connectivity index (χ3v) is 5.19. The van der Waals surface area contributed by atoms with Crippen molar-refractivity contribution in [3.8, 4) is 23.0 Å². The van der Waals surface area contributed by atoms with Gasteiger partial charge >= 0.3 is 17.8 Å². The van der Waals surface area contributed by atoms with E-state index in [9.17, 15) is 14.4 Å². The van der Waals surface area contributed by atoms with E-state index in [0.29, 0.717) is 33.0 Å². The smallest absolute Gasteiger partial charge is 0.343 e. The van der Waals surface area contributed by atoms with Crippen LogP contribution in [-0.2, 0) is 9.59 Å². The Morgan fingerprint density at radius 1 is 0.833 bits per heavy atom. The van der Waals surface area contributed by atoms with Crippen LogP contribution in [0.5, 0.6) is 23.0 Å². The summed E-state index contributed by atoms with van der Waals surface area (Å²) >= 11 is 3.34. The second kappa shape index (κ2) is 12.4. The number of esters is 1. The van der Waals surface area contributed by atoms with Gasteiger partial charge in [0.2, 0.25) is 0 Å². The molecule has 0 aromatic heterocycles. The van der Waals surface area contributed by atoms with Crippen molar-refractivity contribution >= 4 is 45.6 Å². The van der Waals surface area contributed by atoms with Gasteiger partial charge in [0.1, 0.15) is 11.5 Å². The Hall–Kier alpha value is -4.38. The van der Waals surface area contributed by atoms with Crippen LogP contribution in [-0.4, -0.2) is 45.3 Å². The lowest BCUT2D eigenvalue weighted by atomic mass is 10.2. The van der Waals surface area contributed by atoms with Crippen molar-refractivity contribution in [2.45, 2.75) is 0 Å². The Labute approximate surface area is 215 Å². The van der Waals surface area contributed by atoms with E-state index in [2.05, 4.69) is 31.8 Å². The number of ether oxygens (including phenoxy) is 4. The average molecular weight is 556 g/mol. The van der Waals surface area contributed by atoms with Crippen LogP contribution in [0.3, 0.4) is 0 Å². The number of benzene rings is 3. The van der Waals surface area contributed by atoms with E-state index in [1.54, 1.807) is 48.5 Å². The summed E-state index contributed by atoms with van der Waals surface area (Å²) in [5.74, 6) is -1.01. The van der Waals surface area contributed by atoms with Crippen molar-refractivity contribution in [2.24, 2.45) is 5.10 Å². The molecule has 0 aliphatic heterocycles. The van der Waals surface area contributed by atoms with Crippen LogP contribution < -0.4 is 29.7 Å². The van der Waals surface area contributed by atoms with Crippen molar-refractivity contribution in [1.29, 1.82) is 0 Å². The molecular formula is C25H22BrN3O7. The molecule has 0 heterocycles. The summed E-state index contributed by atoms with van der Waals surface area (Å²) in [7, 11) is 4.44. The Bertz CT molecular complexity index is 1310. The van der Waals surface area contributed by atoms with Gasteiger partial charge in [0.15, 0.2) is 11.5 Å². The molecule has 0 unspecified atom stereocenters. The van der Waals surface area contributed by atoms with Crippen LogP contribution in [0.25, 0.3) is 0 Å². The van der Waals surface area contributed by atoms with E-state index in [1.807, 2.05) is 0 Å². The van der Waals surface area contributed by atoms with Crippen LogP contribution in [0, 0.1) is 0 Å². The molecule has 0 radical (unpaired) electrons. The van der Waals surface area contributed by atoms with Gasteiger partial charge in [-0.3, -0.25) is 9.59 Å². The molecule has 3 aromatic rings. The Morgan fingerprint density at radius 3 is 2.31 bits per heavy atom. The average Bonchev–Trinajstić information content (AvgIpc) is 2.89. The number of hydrogen-bond donors (Lipinski definition) is 2. The molecule has 3 rings (SSSR count). The van der Waals surface area contributed by atoms with Gasteiger partial charge in [0, 0.05) is 21.8 Å². The highest BCUT2D eigenvalue weighted by atomic mass is 79.9. The summed E-state index contributed by atoms with van der Waals surface area (Å²) in [6.45, 7) is 0. The number of carbonyl (C=O) groups is 3. The topological polar surface area (TPSA) is 125 Å². The first kappa shape index (κ1) is 26.2. The molecule has 0 spiro atoms. The molecule has 2 amide bonds. The van der Waals surface area contributed by atoms with Gasteiger partial charge in [-0.2, -0.15) is 5.10 Å². The molecule has 3 aromatic carbocycles. The Kier molecular flexibility index (Phi) is 9.01. The van der Waals surface area contributed by atoms with Gasteiger partial charge in [-0.25, -0.2) is 10.2 Å². The summed E-state index contributed by atoms with van der Waals surface area (Å²) in [4.78, 5) is 37.0. The van der Waals surface area contributed by atoms with E-state index >= 15 is 0 Å². The van der Waals surface area contributed by atoms with Crippen LogP contribution in [0.15, 0.2) is 70.2 Å². The summed E-state index contributed by atoms with van der Waals surface area (Å²) in [5.41, 5.74) is 3.13. The zero-order chi connectivity index (χ0) is 26.1. The molecule has 0 saturated heterocycles. The fourth-order valence-corrected chi connectivity index (χ4v) is 3.31. The van der Waals surface area contributed by atoms with Gasteiger partial charge in [0.05, 0.1) is 33.1 Å². The molecular weight excluding hydrogens is 534 g/mol. The van der Waals surface area contributed by atoms with Crippen molar-refractivity contribution < 1.29 is 33.3 Å². The van der Waals surface area contributed by atoms with Crippen LogP contribution in [0.1, 0.15) is 15.9 Å². The summed E-state index contributed by atoms with van der Waals surface area (Å²) in [6, 6.07) is 16.0. The number of anilines is 1. The lowest BCUT2D eigenvalue weighted by molar-refractivity contribution is -0.136. The maximum absolute atomic E-state index is 12.7. The zero-order valence-electron chi connectivity index (χ0n) is 19.5. The molecule has 0 aliphatic rings. The van der Waals surface area contributed by atoms with E-state index in [-0.39, 0.29) is 11.3 Å². The summed E-state index contributed by atoms with van der Waals surface area (Å²) in [5, 5.41) is 6.26. The molecule has 0 fully saturated rings. The maximum atomic E-state index is 12.7. The quantitative estimate of drug-likeness (QED) is 0.142. The third-order valence-electron chi connectivity index (χ3n) is 4.70. The van der Waals surface area contributed by atoms with E-state index in [0.717, 1.165) is 0 Å². The first-order valence-electron chi connectivity index (χ1n) is 10.4. The molecule has 2 N–H and O–H groups in total. The Morgan fingerprint density at radius 2 is 1.58 bits per heavy atom. The van der Waals surface area contributed by atoms with Crippen LogP contribution >= 0.6 is 15.9 Å². The first-order valence-corrected chi connectivity index (χ1v) is 11.2. The molecule has 11 heteroatoms. The normalized spacial score (nSPS) is 10.4. The lowest BCUT2D eigenvalue weighted by Crippen LogP contribution is -2.32. The molecule has 0 saturated carbocycles. The van der Waals surface area contributed by atoms with Crippen molar-refractivity contribution in [1.82, 2.24) is 5.43 Å². The van der Waals surface area contributed by atoms with E-state index in [1.165, 1.54) is 39.7 Å². The molecule has 10 nitrogen and oxygen atoms in total. The SMILES string of the molecule is COc1cccc(NC(=O)C(=O)N/N=C\c2cc(Br)ccc2OC(=O)c2ccc(OC)c(OC)c2)c1. The predicted molar refractivity (Wildman–Crippen MR) is 136 cm³/mol. The number of amides is 2. The highest BCUT2D eigenvalue weighted by molar-refractivity contribution is 9.10. The minimum absolute atomic E-state index is 0.178. The molecule has 186 valence electrons. The molecule has 36 heavy (non-hydrogen) atoms. The van der Waals surface area contributed by atoms with Gasteiger partial charge in [-0.1, -0.05) is 22.0 Å². The number of methoxy groups -OCH3 is 3. The van der Waals surface area contributed by atoms with Crippen molar-refractivity contribution in [3.05, 3.63) is 76.3 Å². The zero-order valence-corrected chi connectivity index (χ0v) is 21.1. The summed E-state index contributed by atoms with van der Waals surface area (Å²) in [6.07, 6.45) is 1.25. The van der Waals surface area contributed by atoms with Gasteiger partial charge < -0.3 is 24.3 Å². The fourth-order valence-electron chi connectivity index (χ4n) is 2.94. The summed E-state index contributed by atoms with van der Waals surface area (Å²) < 4.78 is 21.7. The first-order chi connectivity index (χ1) is 17.3. The highest BCUT2D eigenvalue weighted by Crippen LogP contribution is 2.29. The second-order valence-corrected chi connectivity index (χ2v) is 7.94. The number of halogens is 1. The predicted octanol–water partition coefficient (Wildman–Crippen LogP) is 3.78. The Balaban J connectivity index is 1.68. The molecule has 0 atom stereocenters. The molecule has 0 bridgehead atoms. The standard InChI is InChI=1S/C25H22BrN3O7/c1-33-19-6-4-5-18(13-19)28-23(30)24(31)29-27-14-16-11-17(26)8-10-20(16)36-25(32)15-7-9-21(34-2)22(12-15)35-3/h4-14H,1-3H3,(H,28,30)(H,29,31)/b27-14-. The molecule has 0 aliphatic carbocycles. The number of nitrogens with one attached hydrogen (secondary N) is 2. The van der Waals surface area contributed by atoms with Crippen LogP contribution in [0.4, 0.5) is 5.69 Å². The fraction of sp³-hybridized carbons (Fsp3) is 0.120. The van der Waals surface area contributed by atoms with Gasteiger partial charge in [0.25, 0.3) is 0 Å². The van der Waals surface area contributed by atoms with Gasteiger partial charge in [-0.15, -0.1) is 0 Å². The monoisotopic (exact) mass is 555 g/mol. The minimum atomic E-state index is -0.993. The van der Waals surface area contributed by atoms with E-state index in [4.69, 9.17) is 18.9 Å². The number of hydrazone groups is 1. The number of carbonyl (C=O) groups excluding carboxylic acids is 3. The number of nitrogens with zero attached hydrogens (tertiary/aromatic N) is 1. The maximum Gasteiger partial charge on any atom is 0.343 e. The van der Waals surface area contributed by atoms with Crippen molar-refractivity contribution in [2.75, 3.05) is 26.6 Å².